The van der Waals surface area contributed by atoms with Crippen molar-refractivity contribution in [1.82, 2.24) is 34.1 Å². The van der Waals surface area contributed by atoms with Gasteiger partial charge in [-0.05, 0) is 54.8 Å². The highest BCUT2D eigenvalue weighted by Gasteiger charge is 2.27. The van der Waals surface area contributed by atoms with E-state index in [0.717, 1.165) is 65.6 Å². The second-order valence-electron chi connectivity index (χ2n) is 9.34. The SMILES string of the molecule is COC1CN(Cc2ccn3ncnc(Nc4ccc(Oc5ccn6ncnc6c5)c(C)c4)c23)CCC1N. The second kappa shape index (κ2) is 9.77. The Morgan fingerprint density at radius 2 is 1.89 bits per heavy atom. The van der Waals surface area contributed by atoms with Crippen LogP contribution in [0.15, 0.2) is 61.4 Å². The van der Waals surface area contributed by atoms with E-state index in [4.69, 9.17) is 15.2 Å². The van der Waals surface area contributed by atoms with Gasteiger partial charge < -0.3 is 20.5 Å². The van der Waals surface area contributed by atoms with Crippen molar-refractivity contribution in [2.24, 2.45) is 5.73 Å². The lowest BCUT2D eigenvalue weighted by atomic mass is 10.0. The standard InChI is InChI=1S/C26H29N9O2/c1-17-11-19(3-4-22(17)37-20-6-10-34-24(12-20)28-15-30-34)32-26-25-18(5-9-35(25)31-16-29-26)13-33-8-7-21(27)23(14-33)36-2/h3-6,9-12,15-16,21,23H,7-8,13-14,27H2,1-2H3,(H,29,31,32). The van der Waals surface area contributed by atoms with E-state index in [0.29, 0.717) is 5.75 Å². The molecule has 4 aromatic heterocycles. The molecule has 1 saturated heterocycles. The average Bonchev–Trinajstić information content (AvgIpc) is 3.54. The van der Waals surface area contributed by atoms with Crippen molar-refractivity contribution in [3.8, 4) is 11.5 Å². The lowest BCUT2D eigenvalue weighted by molar-refractivity contribution is 0.0142. The molecule has 0 amide bonds. The molecule has 37 heavy (non-hydrogen) atoms. The molecule has 3 N–H and O–H groups in total. The Morgan fingerprint density at radius 3 is 2.76 bits per heavy atom. The molecule has 0 bridgehead atoms. The lowest BCUT2D eigenvalue weighted by Crippen LogP contribution is -2.51. The van der Waals surface area contributed by atoms with Crippen molar-refractivity contribution in [2.75, 3.05) is 25.5 Å². The van der Waals surface area contributed by atoms with E-state index < -0.39 is 0 Å². The van der Waals surface area contributed by atoms with Gasteiger partial charge in [0.15, 0.2) is 11.5 Å². The first kappa shape index (κ1) is 23.3. The van der Waals surface area contributed by atoms with E-state index >= 15 is 0 Å². The van der Waals surface area contributed by atoms with Crippen molar-refractivity contribution in [3.05, 3.63) is 72.6 Å². The molecule has 2 unspecified atom stereocenters. The summed E-state index contributed by atoms with van der Waals surface area (Å²) in [5.74, 6) is 2.22. The van der Waals surface area contributed by atoms with E-state index in [1.165, 1.54) is 6.33 Å². The Hall–Kier alpha value is -4.06. The van der Waals surface area contributed by atoms with Crippen molar-refractivity contribution in [2.45, 2.75) is 32.0 Å². The van der Waals surface area contributed by atoms with E-state index in [-0.39, 0.29) is 12.1 Å². The maximum atomic E-state index is 6.21. The van der Waals surface area contributed by atoms with Gasteiger partial charge in [0, 0.05) is 56.9 Å². The van der Waals surface area contributed by atoms with Crippen LogP contribution in [0.25, 0.3) is 11.2 Å². The molecule has 6 rings (SSSR count). The molecule has 5 aromatic rings. The smallest absolute Gasteiger partial charge is 0.158 e. The minimum Gasteiger partial charge on any atom is -0.457 e. The fourth-order valence-corrected chi connectivity index (χ4v) is 4.84. The van der Waals surface area contributed by atoms with Crippen LogP contribution in [0.5, 0.6) is 11.5 Å². The molecular formula is C26H29N9O2. The van der Waals surface area contributed by atoms with Gasteiger partial charge in [-0.15, -0.1) is 0 Å². The summed E-state index contributed by atoms with van der Waals surface area (Å²) in [4.78, 5) is 11.1. The quantitative estimate of drug-likeness (QED) is 0.348. The summed E-state index contributed by atoms with van der Waals surface area (Å²) >= 11 is 0. The van der Waals surface area contributed by atoms with Crippen molar-refractivity contribution < 1.29 is 9.47 Å². The van der Waals surface area contributed by atoms with Crippen molar-refractivity contribution in [3.63, 3.8) is 0 Å². The number of pyridine rings is 1. The van der Waals surface area contributed by atoms with E-state index in [1.54, 1.807) is 18.0 Å². The normalized spacial score (nSPS) is 18.5. The molecular weight excluding hydrogens is 470 g/mol. The molecule has 2 atom stereocenters. The zero-order valence-corrected chi connectivity index (χ0v) is 20.8. The number of aryl methyl sites for hydroxylation is 1. The Labute approximate surface area is 213 Å². The Morgan fingerprint density at radius 1 is 1.05 bits per heavy atom. The Bertz CT molecular complexity index is 1550. The summed E-state index contributed by atoms with van der Waals surface area (Å²) in [5.41, 5.74) is 10.9. The maximum Gasteiger partial charge on any atom is 0.158 e. The predicted octanol–water partition coefficient (Wildman–Crippen LogP) is 3.16. The molecule has 0 saturated carbocycles. The minimum absolute atomic E-state index is 0.0402. The van der Waals surface area contributed by atoms with Gasteiger partial charge in [-0.25, -0.2) is 19.0 Å². The van der Waals surface area contributed by atoms with Crippen LogP contribution in [0, 0.1) is 6.92 Å². The molecule has 1 fully saturated rings. The first-order valence-electron chi connectivity index (χ1n) is 12.2. The molecule has 11 nitrogen and oxygen atoms in total. The van der Waals surface area contributed by atoms with Crippen molar-refractivity contribution >= 4 is 22.7 Å². The Balaban J connectivity index is 1.21. The topological polar surface area (TPSA) is 120 Å². The number of methoxy groups -OCH3 is 1. The summed E-state index contributed by atoms with van der Waals surface area (Å²) < 4.78 is 15.3. The van der Waals surface area contributed by atoms with Crippen LogP contribution in [-0.2, 0) is 11.3 Å². The molecule has 1 aromatic carbocycles. The average molecular weight is 500 g/mol. The van der Waals surface area contributed by atoms with Crippen LogP contribution in [0.4, 0.5) is 11.5 Å². The summed E-state index contributed by atoms with van der Waals surface area (Å²) in [7, 11) is 1.73. The number of likely N-dealkylation sites (tertiary alicyclic amines) is 1. The van der Waals surface area contributed by atoms with Gasteiger partial charge in [0.2, 0.25) is 0 Å². The highest BCUT2D eigenvalue weighted by atomic mass is 16.5. The highest BCUT2D eigenvalue weighted by Crippen LogP contribution is 2.30. The largest absolute Gasteiger partial charge is 0.457 e. The van der Waals surface area contributed by atoms with Crippen LogP contribution in [0.3, 0.4) is 0 Å². The number of benzene rings is 1. The fraction of sp³-hybridized carbons (Fsp3) is 0.308. The van der Waals surface area contributed by atoms with Crippen molar-refractivity contribution in [1.29, 1.82) is 0 Å². The first-order chi connectivity index (χ1) is 18.1. The molecule has 0 aliphatic carbocycles. The number of ether oxygens (including phenoxy) is 2. The monoisotopic (exact) mass is 499 g/mol. The number of nitrogens with zero attached hydrogens (tertiary/aromatic N) is 7. The van der Waals surface area contributed by atoms with Crippen LogP contribution in [-0.4, -0.2) is 66.4 Å². The van der Waals surface area contributed by atoms with Crippen LogP contribution in [0.1, 0.15) is 17.5 Å². The molecule has 0 radical (unpaired) electrons. The van der Waals surface area contributed by atoms with Crippen LogP contribution < -0.4 is 15.8 Å². The number of piperidine rings is 1. The second-order valence-corrected chi connectivity index (χ2v) is 9.34. The third-order valence-electron chi connectivity index (χ3n) is 6.85. The zero-order valence-electron chi connectivity index (χ0n) is 20.8. The van der Waals surface area contributed by atoms with Gasteiger partial charge >= 0.3 is 0 Å². The molecule has 190 valence electrons. The van der Waals surface area contributed by atoms with E-state index in [1.807, 2.05) is 54.2 Å². The van der Waals surface area contributed by atoms with Gasteiger partial charge in [0.1, 0.15) is 29.7 Å². The zero-order chi connectivity index (χ0) is 25.4. The van der Waals surface area contributed by atoms with Crippen LogP contribution >= 0.6 is 0 Å². The van der Waals surface area contributed by atoms with Gasteiger partial charge in [0.25, 0.3) is 0 Å². The third-order valence-corrected chi connectivity index (χ3v) is 6.85. The summed E-state index contributed by atoms with van der Waals surface area (Å²) in [6.45, 7) is 4.52. The minimum atomic E-state index is 0.0402. The fourth-order valence-electron chi connectivity index (χ4n) is 4.84. The summed E-state index contributed by atoms with van der Waals surface area (Å²) in [5, 5.41) is 12.0. The summed E-state index contributed by atoms with van der Waals surface area (Å²) in [6.07, 6.45) is 7.82. The number of aromatic nitrogens is 6. The first-order valence-corrected chi connectivity index (χ1v) is 12.2. The van der Waals surface area contributed by atoms with E-state index in [9.17, 15) is 0 Å². The maximum absolute atomic E-state index is 6.21. The number of nitrogens with one attached hydrogen (secondary N) is 1. The number of nitrogens with two attached hydrogens (primary N) is 1. The number of anilines is 2. The number of rotatable bonds is 7. The molecule has 0 spiro atoms. The van der Waals surface area contributed by atoms with Crippen LogP contribution in [0.2, 0.25) is 0 Å². The number of hydrogen-bond acceptors (Lipinski definition) is 9. The van der Waals surface area contributed by atoms with Gasteiger partial charge in [-0.3, -0.25) is 4.90 Å². The van der Waals surface area contributed by atoms with Gasteiger partial charge in [-0.1, -0.05) is 0 Å². The molecule has 11 heteroatoms. The lowest BCUT2D eigenvalue weighted by Gasteiger charge is -2.35. The van der Waals surface area contributed by atoms with Gasteiger partial charge in [0.05, 0.1) is 6.10 Å². The third kappa shape index (κ3) is 4.71. The van der Waals surface area contributed by atoms with E-state index in [2.05, 4.69) is 36.4 Å². The highest BCUT2D eigenvalue weighted by molar-refractivity contribution is 5.76. The van der Waals surface area contributed by atoms with Gasteiger partial charge in [-0.2, -0.15) is 10.2 Å². The molecule has 5 heterocycles. The molecule has 1 aliphatic rings. The number of hydrogen-bond donors (Lipinski definition) is 2. The predicted molar refractivity (Wildman–Crippen MR) is 139 cm³/mol. The summed E-state index contributed by atoms with van der Waals surface area (Å²) in [6, 6.07) is 11.9. The molecule has 1 aliphatic heterocycles. The Kier molecular flexibility index (Phi) is 6.16. The number of fused-ring (bicyclic) bond motifs is 2.